The fourth-order valence-electron chi connectivity index (χ4n) is 0.614. The van der Waals surface area contributed by atoms with E-state index in [1.54, 1.807) is 0 Å². The quantitative estimate of drug-likeness (QED) is 0.532. The van der Waals surface area contributed by atoms with Crippen LogP contribution in [0.2, 0.25) is 0 Å². The van der Waals surface area contributed by atoms with Crippen LogP contribution in [0, 0.1) is 5.82 Å². The van der Waals surface area contributed by atoms with Gasteiger partial charge < -0.3 is 10.1 Å². The first-order valence-electron chi connectivity index (χ1n) is 2.75. The Balaban J connectivity index is 3.55. The second-order valence-electron chi connectivity index (χ2n) is 1.82. The maximum absolute atomic E-state index is 12.3. The van der Waals surface area contributed by atoms with Gasteiger partial charge in [-0.15, -0.1) is 0 Å². The number of rotatable bonds is 1. The zero-order valence-electron chi connectivity index (χ0n) is 5.37. The normalized spacial score (nSPS) is 10.0. The largest absolute Gasteiger partial charge is 0.376 e. The average molecular weight is 160 g/mol. The van der Waals surface area contributed by atoms with E-state index in [-0.39, 0.29) is 0 Å². The van der Waals surface area contributed by atoms with Crippen LogP contribution in [0.4, 0.5) is 4.39 Å². The molecule has 0 fully saturated rings. The van der Waals surface area contributed by atoms with E-state index in [0.717, 1.165) is 0 Å². The van der Waals surface area contributed by atoms with E-state index in [0.29, 0.717) is 10.8 Å². The van der Waals surface area contributed by atoms with E-state index >= 15 is 0 Å². The topological polar surface area (TPSA) is 75.1 Å². The molecule has 0 saturated heterocycles. The molecule has 1 aromatic rings. The van der Waals surface area contributed by atoms with Crippen LogP contribution in [0.15, 0.2) is 15.8 Å². The summed E-state index contributed by atoms with van der Waals surface area (Å²) < 4.78 is 12.7. The number of aliphatic hydroxyl groups is 1. The summed E-state index contributed by atoms with van der Waals surface area (Å²) in [5, 5.41) is 8.40. The van der Waals surface area contributed by atoms with Crippen molar-refractivity contribution < 1.29 is 9.50 Å². The van der Waals surface area contributed by atoms with Crippen molar-refractivity contribution in [2.75, 3.05) is 0 Å². The number of halogens is 1. The number of H-pyrrole nitrogens is 1. The van der Waals surface area contributed by atoms with Gasteiger partial charge in [-0.2, -0.15) is 4.39 Å². The number of aromatic nitrogens is 2. The zero-order valence-corrected chi connectivity index (χ0v) is 5.37. The van der Waals surface area contributed by atoms with Gasteiger partial charge in [-0.3, -0.25) is 4.79 Å². The summed E-state index contributed by atoms with van der Waals surface area (Å²) in [5.41, 5.74) is -1.96. The lowest BCUT2D eigenvalue weighted by Gasteiger charge is -1.96. The summed E-state index contributed by atoms with van der Waals surface area (Å²) in [6.07, 6.45) is 0.650. The lowest BCUT2D eigenvalue weighted by molar-refractivity contribution is 0.197. The third-order valence-electron chi connectivity index (χ3n) is 1.16. The molecular formula is C5H5FN2O3. The minimum Gasteiger partial charge on any atom is -0.376 e. The maximum Gasteiger partial charge on any atom is 0.330 e. The Morgan fingerprint density at radius 1 is 1.64 bits per heavy atom. The van der Waals surface area contributed by atoms with Crippen LogP contribution >= 0.6 is 0 Å². The van der Waals surface area contributed by atoms with Gasteiger partial charge >= 0.3 is 5.69 Å². The molecule has 6 heteroatoms. The molecular weight excluding hydrogens is 155 g/mol. The molecule has 0 aliphatic carbocycles. The molecule has 1 heterocycles. The van der Waals surface area contributed by atoms with Crippen molar-refractivity contribution in [1.29, 1.82) is 0 Å². The van der Waals surface area contributed by atoms with E-state index in [1.807, 2.05) is 4.98 Å². The summed E-state index contributed by atoms with van der Waals surface area (Å²) in [6.45, 7) is -0.827. The van der Waals surface area contributed by atoms with Gasteiger partial charge in [-0.25, -0.2) is 9.36 Å². The SMILES string of the molecule is O=c1[nH]cc(F)c(=O)n1CO. The number of nitrogens with zero attached hydrogens (tertiary/aromatic N) is 1. The number of hydrogen-bond acceptors (Lipinski definition) is 3. The highest BCUT2D eigenvalue weighted by atomic mass is 19.1. The molecule has 0 amide bonds. The molecule has 5 nitrogen and oxygen atoms in total. The van der Waals surface area contributed by atoms with Gasteiger partial charge in [-0.1, -0.05) is 0 Å². The maximum atomic E-state index is 12.3. The molecule has 0 aliphatic heterocycles. The molecule has 1 rings (SSSR count). The molecule has 11 heavy (non-hydrogen) atoms. The van der Waals surface area contributed by atoms with Crippen LogP contribution in [0.3, 0.4) is 0 Å². The predicted molar refractivity (Wildman–Crippen MR) is 33.5 cm³/mol. The van der Waals surface area contributed by atoms with Crippen molar-refractivity contribution >= 4 is 0 Å². The third-order valence-corrected chi connectivity index (χ3v) is 1.16. The molecule has 0 bridgehead atoms. The van der Waals surface area contributed by atoms with Gasteiger partial charge in [0.15, 0.2) is 0 Å². The average Bonchev–Trinajstić information content (AvgIpc) is 1.99. The first-order chi connectivity index (χ1) is 5.16. The number of aliphatic hydroxyl groups excluding tert-OH is 1. The fourth-order valence-corrected chi connectivity index (χ4v) is 0.614. The summed E-state index contributed by atoms with van der Waals surface area (Å²) in [7, 11) is 0. The van der Waals surface area contributed by atoms with Gasteiger partial charge in [0.2, 0.25) is 5.82 Å². The molecule has 0 aromatic carbocycles. The second kappa shape index (κ2) is 2.67. The minimum absolute atomic E-state index is 0.343. The molecule has 0 saturated carbocycles. The first-order valence-corrected chi connectivity index (χ1v) is 2.75. The van der Waals surface area contributed by atoms with Crippen molar-refractivity contribution in [2.24, 2.45) is 0 Å². The molecule has 2 N–H and O–H groups in total. The van der Waals surface area contributed by atoms with Crippen LogP contribution in [0.5, 0.6) is 0 Å². The van der Waals surface area contributed by atoms with Crippen molar-refractivity contribution in [1.82, 2.24) is 9.55 Å². The van der Waals surface area contributed by atoms with Gasteiger partial charge in [0, 0.05) is 6.20 Å². The van der Waals surface area contributed by atoms with Gasteiger partial charge in [-0.05, 0) is 0 Å². The highest BCUT2D eigenvalue weighted by Crippen LogP contribution is 1.78. The Bertz CT molecular complexity index is 367. The van der Waals surface area contributed by atoms with E-state index in [1.165, 1.54) is 0 Å². The van der Waals surface area contributed by atoms with Gasteiger partial charge in [0.1, 0.15) is 6.73 Å². The van der Waals surface area contributed by atoms with Crippen LogP contribution < -0.4 is 11.2 Å². The minimum atomic E-state index is -1.13. The van der Waals surface area contributed by atoms with Crippen LogP contribution in [0.25, 0.3) is 0 Å². The van der Waals surface area contributed by atoms with Crippen LogP contribution in [-0.2, 0) is 6.73 Å². The summed E-state index contributed by atoms with van der Waals surface area (Å²) in [6, 6.07) is 0. The monoisotopic (exact) mass is 160 g/mol. The number of hydrogen-bond donors (Lipinski definition) is 2. The standard InChI is InChI=1S/C5H5FN2O3/c6-3-1-7-5(11)8(2-9)4(3)10/h1,9H,2H2,(H,7,11). The lowest BCUT2D eigenvalue weighted by atomic mass is 10.6. The second-order valence-corrected chi connectivity index (χ2v) is 1.82. The Kier molecular flexibility index (Phi) is 1.86. The molecule has 0 atom stereocenters. The predicted octanol–water partition coefficient (Wildman–Crippen LogP) is -1.37. The summed E-state index contributed by atoms with van der Waals surface area (Å²) in [4.78, 5) is 23.2. The van der Waals surface area contributed by atoms with Gasteiger partial charge in [0.25, 0.3) is 5.56 Å². The highest BCUT2D eigenvalue weighted by molar-refractivity contribution is 4.86. The van der Waals surface area contributed by atoms with E-state index < -0.39 is 23.8 Å². The highest BCUT2D eigenvalue weighted by Gasteiger charge is 2.03. The lowest BCUT2D eigenvalue weighted by Crippen LogP contribution is -2.36. The van der Waals surface area contributed by atoms with Crippen molar-refractivity contribution in [2.45, 2.75) is 6.73 Å². The molecule has 0 spiro atoms. The number of aromatic amines is 1. The Hall–Kier alpha value is -1.43. The van der Waals surface area contributed by atoms with Crippen LogP contribution in [-0.4, -0.2) is 14.7 Å². The van der Waals surface area contributed by atoms with E-state index in [4.69, 9.17) is 5.11 Å². The summed E-state index contributed by atoms with van der Waals surface area (Å²) >= 11 is 0. The Morgan fingerprint density at radius 2 is 2.27 bits per heavy atom. The molecule has 0 radical (unpaired) electrons. The fraction of sp³-hybridized carbons (Fsp3) is 0.200. The van der Waals surface area contributed by atoms with Crippen molar-refractivity contribution in [3.8, 4) is 0 Å². The first kappa shape index (κ1) is 7.67. The van der Waals surface area contributed by atoms with Crippen molar-refractivity contribution in [3.63, 3.8) is 0 Å². The van der Waals surface area contributed by atoms with E-state index in [2.05, 4.69) is 0 Å². The number of nitrogens with one attached hydrogen (secondary N) is 1. The smallest absolute Gasteiger partial charge is 0.330 e. The Labute approximate surface area is 59.7 Å². The van der Waals surface area contributed by atoms with Crippen molar-refractivity contribution in [3.05, 3.63) is 32.9 Å². The molecule has 0 aliphatic rings. The third kappa shape index (κ3) is 1.20. The molecule has 0 unspecified atom stereocenters. The zero-order chi connectivity index (χ0) is 8.43. The molecule has 1 aromatic heterocycles. The molecule has 60 valence electrons. The van der Waals surface area contributed by atoms with Gasteiger partial charge in [0.05, 0.1) is 0 Å². The van der Waals surface area contributed by atoms with E-state index in [9.17, 15) is 14.0 Å². The van der Waals surface area contributed by atoms with Crippen LogP contribution in [0.1, 0.15) is 0 Å². The summed E-state index contributed by atoms with van der Waals surface area (Å²) in [5.74, 6) is -1.10. The Morgan fingerprint density at radius 3 is 2.73 bits per heavy atom.